The van der Waals surface area contributed by atoms with Crippen molar-refractivity contribution in [3.8, 4) is 5.88 Å². The van der Waals surface area contributed by atoms with Crippen LogP contribution >= 0.6 is 0 Å². The third-order valence-electron chi connectivity index (χ3n) is 4.65. The highest BCUT2D eigenvalue weighted by Gasteiger charge is 2.48. The van der Waals surface area contributed by atoms with Crippen molar-refractivity contribution in [3.05, 3.63) is 12.4 Å². The van der Waals surface area contributed by atoms with Crippen LogP contribution in [-0.4, -0.2) is 61.2 Å². The molecular weight excluding hydrogens is 304 g/mol. The molecule has 0 amide bonds. The fourth-order valence-electron chi connectivity index (χ4n) is 3.76. The third-order valence-corrected chi connectivity index (χ3v) is 6.02. The van der Waals surface area contributed by atoms with Crippen LogP contribution in [0.2, 0.25) is 0 Å². The van der Waals surface area contributed by atoms with Gasteiger partial charge in [0.1, 0.15) is 12.1 Å². The van der Waals surface area contributed by atoms with Crippen molar-refractivity contribution in [2.45, 2.75) is 31.2 Å². The number of hydrogen-bond acceptors (Lipinski definition) is 6. The quantitative estimate of drug-likeness (QED) is 0.821. The molecule has 0 saturated carbocycles. The summed E-state index contributed by atoms with van der Waals surface area (Å²) in [5.41, 5.74) is -0.288. The average Bonchev–Trinajstić information content (AvgIpc) is 2.90. The van der Waals surface area contributed by atoms with Crippen LogP contribution in [0, 0.1) is 0 Å². The molecule has 0 bridgehead atoms. The molecule has 0 aliphatic carbocycles. The van der Waals surface area contributed by atoms with Crippen LogP contribution in [0.15, 0.2) is 12.4 Å². The van der Waals surface area contributed by atoms with E-state index >= 15 is 0 Å². The number of aromatic nitrogens is 2. The normalized spacial score (nSPS) is 26.5. The van der Waals surface area contributed by atoms with Crippen LogP contribution in [-0.2, 0) is 10.0 Å². The van der Waals surface area contributed by atoms with Crippen LogP contribution in [0.3, 0.4) is 0 Å². The zero-order chi connectivity index (χ0) is 15.8. The molecule has 0 aromatic carbocycles. The van der Waals surface area contributed by atoms with E-state index in [2.05, 4.69) is 14.9 Å². The first-order valence-electron chi connectivity index (χ1n) is 7.53. The van der Waals surface area contributed by atoms with Gasteiger partial charge in [-0.2, -0.15) is 4.31 Å². The number of piperidine rings is 1. The second kappa shape index (κ2) is 5.66. The molecule has 1 spiro atoms. The van der Waals surface area contributed by atoms with Crippen molar-refractivity contribution in [1.82, 2.24) is 14.3 Å². The first kappa shape index (κ1) is 15.5. The predicted octanol–water partition coefficient (Wildman–Crippen LogP) is 0.880. The summed E-state index contributed by atoms with van der Waals surface area (Å²) in [7, 11) is -1.60. The van der Waals surface area contributed by atoms with Gasteiger partial charge in [0.05, 0.1) is 18.9 Å². The van der Waals surface area contributed by atoms with Crippen LogP contribution in [0.1, 0.15) is 25.7 Å². The maximum atomic E-state index is 12.1. The summed E-state index contributed by atoms with van der Waals surface area (Å²) < 4.78 is 31.1. The molecule has 3 rings (SSSR count). The molecule has 2 aliphatic rings. The SMILES string of the molecule is COc1cc(N2CCC[C@]3(CCCN3S(C)(=O)=O)C2)ncn1. The summed E-state index contributed by atoms with van der Waals surface area (Å²) in [6, 6.07) is 1.80. The zero-order valence-electron chi connectivity index (χ0n) is 13.0. The summed E-state index contributed by atoms with van der Waals surface area (Å²) >= 11 is 0. The van der Waals surface area contributed by atoms with Gasteiger partial charge in [0, 0.05) is 25.7 Å². The Balaban J connectivity index is 1.87. The smallest absolute Gasteiger partial charge is 0.218 e. The lowest BCUT2D eigenvalue weighted by Gasteiger charge is -2.45. The highest BCUT2D eigenvalue weighted by molar-refractivity contribution is 7.88. The van der Waals surface area contributed by atoms with Crippen LogP contribution in [0.4, 0.5) is 5.82 Å². The maximum absolute atomic E-state index is 12.1. The van der Waals surface area contributed by atoms with Crippen LogP contribution < -0.4 is 9.64 Å². The number of rotatable bonds is 3. The standard InChI is InChI=1S/C14H22N4O3S/c1-21-13-9-12(15-11-16-13)17-7-3-5-14(10-17)6-4-8-18(14)22(2,19)20/h9,11H,3-8,10H2,1-2H3/t14-/m0/s1. The molecule has 2 fully saturated rings. The molecule has 1 aromatic heterocycles. The Kier molecular flexibility index (Phi) is 3.98. The summed E-state index contributed by atoms with van der Waals surface area (Å²) in [6.07, 6.45) is 6.51. The van der Waals surface area contributed by atoms with Crippen molar-refractivity contribution in [1.29, 1.82) is 0 Å². The van der Waals surface area contributed by atoms with Gasteiger partial charge in [-0.15, -0.1) is 0 Å². The monoisotopic (exact) mass is 326 g/mol. The van der Waals surface area contributed by atoms with Crippen molar-refractivity contribution in [2.75, 3.05) is 37.9 Å². The van der Waals surface area contributed by atoms with Gasteiger partial charge in [0.15, 0.2) is 0 Å². The molecule has 122 valence electrons. The number of ether oxygens (including phenoxy) is 1. The molecule has 2 aliphatic heterocycles. The predicted molar refractivity (Wildman–Crippen MR) is 83.5 cm³/mol. The number of anilines is 1. The molecule has 0 radical (unpaired) electrons. The third kappa shape index (κ3) is 2.77. The molecule has 1 aromatic rings. The molecule has 0 N–H and O–H groups in total. The lowest BCUT2D eigenvalue weighted by molar-refractivity contribution is 0.203. The molecular formula is C14H22N4O3S. The van der Waals surface area contributed by atoms with Gasteiger partial charge in [0.25, 0.3) is 0 Å². The molecule has 22 heavy (non-hydrogen) atoms. The summed E-state index contributed by atoms with van der Waals surface area (Å²) in [5.74, 6) is 1.32. The van der Waals surface area contributed by atoms with Crippen LogP contribution in [0.5, 0.6) is 5.88 Å². The van der Waals surface area contributed by atoms with Gasteiger partial charge in [-0.1, -0.05) is 0 Å². The average molecular weight is 326 g/mol. The molecule has 3 heterocycles. The van der Waals surface area contributed by atoms with Gasteiger partial charge >= 0.3 is 0 Å². The minimum atomic E-state index is -3.18. The van der Waals surface area contributed by atoms with Gasteiger partial charge in [-0.05, 0) is 25.7 Å². The van der Waals surface area contributed by atoms with E-state index < -0.39 is 10.0 Å². The highest BCUT2D eigenvalue weighted by Crippen LogP contribution is 2.39. The zero-order valence-corrected chi connectivity index (χ0v) is 13.8. The van der Waals surface area contributed by atoms with Crippen molar-refractivity contribution >= 4 is 15.8 Å². The van der Waals surface area contributed by atoms with Gasteiger partial charge < -0.3 is 9.64 Å². The molecule has 0 unspecified atom stereocenters. The Morgan fingerprint density at radius 1 is 1.23 bits per heavy atom. The highest BCUT2D eigenvalue weighted by atomic mass is 32.2. The minimum Gasteiger partial charge on any atom is -0.481 e. The fourth-order valence-corrected chi connectivity index (χ4v) is 5.17. The van der Waals surface area contributed by atoms with E-state index in [1.165, 1.54) is 12.6 Å². The van der Waals surface area contributed by atoms with E-state index in [1.54, 1.807) is 17.5 Å². The maximum Gasteiger partial charge on any atom is 0.218 e. The first-order chi connectivity index (χ1) is 10.4. The Morgan fingerprint density at radius 3 is 2.64 bits per heavy atom. The Hall–Kier alpha value is -1.41. The second-order valence-electron chi connectivity index (χ2n) is 6.11. The van der Waals surface area contributed by atoms with Gasteiger partial charge in [-0.25, -0.2) is 18.4 Å². The first-order valence-corrected chi connectivity index (χ1v) is 9.38. The number of methoxy groups -OCH3 is 1. The molecule has 1 atom stereocenters. The van der Waals surface area contributed by atoms with Crippen molar-refractivity contribution < 1.29 is 13.2 Å². The van der Waals surface area contributed by atoms with E-state index in [9.17, 15) is 8.42 Å². The number of nitrogens with zero attached hydrogens (tertiary/aromatic N) is 4. The number of sulfonamides is 1. The van der Waals surface area contributed by atoms with E-state index in [1.807, 2.05) is 0 Å². The number of hydrogen-bond donors (Lipinski definition) is 0. The summed E-state index contributed by atoms with van der Waals surface area (Å²) in [5, 5.41) is 0. The van der Waals surface area contributed by atoms with E-state index in [4.69, 9.17) is 4.74 Å². The van der Waals surface area contributed by atoms with Crippen molar-refractivity contribution in [2.24, 2.45) is 0 Å². The van der Waals surface area contributed by atoms with E-state index in [-0.39, 0.29) is 5.54 Å². The minimum absolute atomic E-state index is 0.288. The summed E-state index contributed by atoms with van der Waals surface area (Å²) in [4.78, 5) is 10.5. The van der Waals surface area contributed by atoms with Gasteiger partial charge in [0.2, 0.25) is 15.9 Å². The van der Waals surface area contributed by atoms with Gasteiger partial charge in [-0.3, -0.25) is 0 Å². The largest absolute Gasteiger partial charge is 0.481 e. The summed E-state index contributed by atoms with van der Waals surface area (Å²) in [6.45, 7) is 2.18. The molecule has 7 nitrogen and oxygen atoms in total. The Morgan fingerprint density at radius 2 is 1.95 bits per heavy atom. The Bertz CT molecular complexity index is 651. The fraction of sp³-hybridized carbons (Fsp3) is 0.714. The van der Waals surface area contributed by atoms with Crippen molar-refractivity contribution in [3.63, 3.8) is 0 Å². The second-order valence-corrected chi connectivity index (χ2v) is 8.01. The Labute approximate surface area is 131 Å². The van der Waals surface area contributed by atoms with E-state index in [0.29, 0.717) is 19.0 Å². The lowest BCUT2D eigenvalue weighted by atomic mass is 9.87. The van der Waals surface area contributed by atoms with Crippen LogP contribution in [0.25, 0.3) is 0 Å². The molecule has 2 saturated heterocycles. The molecule has 8 heteroatoms. The van der Waals surface area contributed by atoms with E-state index in [0.717, 1.165) is 38.0 Å². The lowest BCUT2D eigenvalue weighted by Crippen LogP contribution is -2.57. The topological polar surface area (TPSA) is 75.6 Å².